The number of anilines is 1. The van der Waals surface area contributed by atoms with E-state index in [1.165, 1.54) is 27.8 Å². The number of halogens is 1. The van der Waals surface area contributed by atoms with Crippen LogP contribution in [0.1, 0.15) is 18.4 Å². The van der Waals surface area contributed by atoms with Gasteiger partial charge in [-0.25, -0.2) is 17.8 Å². The fraction of sp³-hybridized carbons (Fsp3) is 0.375. The fourth-order valence-electron chi connectivity index (χ4n) is 2.75. The van der Waals surface area contributed by atoms with Crippen LogP contribution in [-0.2, 0) is 14.8 Å². The summed E-state index contributed by atoms with van der Waals surface area (Å²) in [6.07, 6.45) is 2.76. The van der Waals surface area contributed by atoms with Gasteiger partial charge in [0.1, 0.15) is 5.82 Å². The van der Waals surface area contributed by atoms with Crippen molar-refractivity contribution in [3.05, 3.63) is 41.2 Å². The summed E-state index contributed by atoms with van der Waals surface area (Å²) in [5.74, 6) is -1.26. The third-order valence-electron chi connectivity index (χ3n) is 4.20. The summed E-state index contributed by atoms with van der Waals surface area (Å²) in [6.45, 7) is 1.97. The zero-order valence-electron chi connectivity index (χ0n) is 13.6. The van der Waals surface area contributed by atoms with Gasteiger partial charge in [-0.2, -0.15) is 4.31 Å². The molecule has 1 fully saturated rings. The monoisotopic (exact) mass is 383 g/mol. The first kappa shape index (κ1) is 18.0. The summed E-state index contributed by atoms with van der Waals surface area (Å²) < 4.78 is 40.5. The number of amides is 1. The third-order valence-corrected chi connectivity index (χ3v) is 6.75. The molecule has 9 heteroatoms. The summed E-state index contributed by atoms with van der Waals surface area (Å²) in [6, 6.07) is 3.87. The van der Waals surface area contributed by atoms with Crippen LogP contribution in [0.4, 0.5) is 9.52 Å². The topological polar surface area (TPSA) is 79.4 Å². The third kappa shape index (κ3) is 3.88. The summed E-state index contributed by atoms with van der Waals surface area (Å²) in [4.78, 5) is 16.3. The molecule has 1 N–H and O–H groups in total. The number of nitrogens with zero attached hydrogens (tertiary/aromatic N) is 2. The Bertz CT molecular complexity index is 869. The van der Waals surface area contributed by atoms with Crippen LogP contribution in [0.15, 0.2) is 34.7 Å². The summed E-state index contributed by atoms with van der Waals surface area (Å²) in [5, 5.41) is 4.95. The Labute approximate surface area is 149 Å². The molecule has 1 aliphatic rings. The van der Waals surface area contributed by atoms with E-state index in [0.717, 1.165) is 6.07 Å². The van der Waals surface area contributed by atoms with Gasteiger partial charge in [0.05, 0.1) is 10.8 Å². The van der Waals surface area contributed by atoms with Gasteiger partial charge in [-0.1, -0.05) is 6.07 Å². The standard InChI is InChI=1S/C16H18FN3O3S2/c1-11-4-5-13(9-14(11)17)25(22,23)20-7-2-3-12(10-20)15(21)19-16-18-6-8-24-16/h4-6,8-9,12H,2-3,7,10H2,1H3,(H,18,19,21)/t12-/m0/s1. The lowest BCUT2D eigenvalue weighted by atomic mass is 9.99. The van der Waals surface area contributed by atoms with E-state index in [4.69, 9.17) is 0 Å². The van der Waals surface area contributed by atoms with Gasteiger partial charge in [-0.3, -0.25) is 4.79 Å². The van der Waals surface area contributed by atoms with Gasteiger partial charge in [-0.05, 0) is 37.5 Å². The zero-order chi connectivity index (χ0) is 18.0. The van der Waals surface area contributed by atoms with E-state index in [-0.39, 0.29) is 17.3 Å². The zero-order valence-corrected chi connectivity index (χ0v) is 15.2. The van der Waals surface area contributed by atoms with Gasteiger partial charge in [0.25, 0.3) is 0 Å². The number of rotatable bonds is 4. The average Bonchev–Trinajstić information content (AvgIpc) is 3.10. The van der Waals surface area contributed by atoms with Crippen LogP contribution in [0.3, 0.4) is 0 Å². The molecular formula is C16H18FN3O3S2. The minimum Gasteiger partial charge on any atom is -0.302 e. The molecule has 0 radical (unpaired) electrons. The molecule has 0 saturated carbocycles. The number of aromatic nitrogens is 1. The second kappa shape index (κ2) is 7.19. The SMILES string of the molecule is Cc1ccc(S(=O)(=O)N2CCC[C@H](C(=O)Nc3nccs3)C2)cc1F. The highest BCUT2D eigenvalue weighted by atomic mass is 32.2. The van der Waals surface area contributed by atoms with Crippen LogP contribution in [-0.4, -0.2) is 36.7 Å². The molecule has 1 amide bonds. The van der Waals surface area contributed by atoms with Crippen LogP contribution in [0.2, 0.25) is 0 Å². The Balaban J connectivity index is 1.75. The number of benzene rings is 1. The van der Waals surface area contributed by atoms with Crippen LogP contribution < -0.4 is 5.32 Å². The molecular weight excluding hydrogens is 365 g/mol. The normalized spacial score (nSPS) is 18.9. The first-order valence-electron chi connectivity index (χ1n) is 7.84. The van der Waals surface area contributed by atoms with Crippen LogP contribution in [0.5, 0.6) is 0 Å². The second-order valence-corrected chi connectivity index (χ2v) is 8.77. The Morgan fingerprint density at radius 1 is 1.44 bits per heavy atom. The smallest absolute Gasteiger partial charge is 0.243 e. The quantitative estimate of drug-likeness (QED) is 0.880. The Kier molecular flexibility index (Phi) is 5.16. The van der Waals surface area contributed by atoms with Gasteiger partial charge in [0, 0.05) is 24.7 Å². The van der Waals surface area contributed by atoms with Crippen molar-refractivity contribution in [2.75, 3.05) is 18.4 Å². The average molecular weight is 383 g/mol. The van der Waals surface area contributed by atoms with Crippen molar-refractivity contribution >= 4 is 32.4 Å². The predicted molar refractivity (Wildman–Crippen MR) is 93.4 cm³/mol. The number of sulfonamides is 1. The van der Waals surface area contributed by atoms with Crippen molar-refractivity contribution in [2.45, 2.75) is 24.7 Å². The van der Waals surface area contributed by atoms with Gasteiger partial charge in [0.15, 0.2) is 5.13 Å². The first-order chi connectivity index (χ1) is 11.9. The van der Waals surface area contributed by atoms with E-state index in [0.29, 0.717) is 30.1 Å². The molecule has 0 bridgehead atoms. The number of aryl methyl sites for hydroxylation is 1. The maximum Gasteiger partial charge on any atom is 0.243 e. The molecule has 1 aliphatic heterocycles. The van der Waals surface area contributed by atoms with Gasteiger partial charge in [-0.15, -0.1) is 11.3 Å². The molecule has 2 heterocycles. The van der Waals surface area contributed by atoms with Gasteiger partial charge in [0.2, 0.25) is 15.9 Å². The lowest BCUT2D eigenvalue weighted by Crippen LogP contribution is -2.43. The molecule has 0 unspecified atom stereocenters. The van der Waals surface area contributed by atoms with Crippen molar-refractivity contribution in [3.8, 4) is 0 Å². The molecule has 6 nitrogen and oxygen atoms in total. The highest BCUT2D eigenvalue weighted by Gasteiger charge is 2.33. The maximum atomic E-state index is 13.7. The molecule has 3 rings (SSSR count). The Morgan fingerprint density at radius 2 is 2.24 bits per heavy atom. The number of nitrogens with one attached hydrogen (secondary N) is 1. The van der Waals surface area contributed by atoms with Crippen molar-refractivity contribution in [3.63, 3.8) is 0 Å². The number of piperidine rings is 1. The van der Waals surface area contributed by atoms with Crippen LogP contribution in [0.25, 0.3) is 0 Å². The molecule has 1 atom stereocenters. The lowest BCUT2D eigenvalue weighted by Gasteiger charge is -2.31. The van der Waals surface area contributed by atoms with Gasteiger partial charge >= 0.3 is 0 Å². The van der Waals surface area contributed by atoms with Crippen LogP contribution >= 0.6 is 11.3 Å². The van der Waals surface area contributed by atoms with E-state index < -0.39 is 21.8 Å². The summed E-state index contributed by atoms with van der Waals surface area (Å²) in [7, 11) is -3.83. The molecule has 1 aromatic carbocycles. The number of hydrogen-bond donors (Lipinski definition) is 1. The molecule has 2 aromatic rings. The van der Waals surface area contributed by atoms with Crippen molar-refractivity contribution in [1.29, 1.82) is 0 Å². The highest BCUT2D eigenvalue weighted by molar-refractivity contribution is 7.89. The molecule has 25 heavy (non-hydrogen) atoms. The molecule has 0 spiro atoms. The summed E-state index contributed by atoms with van der Waals surface area (Å²) >= 11 is 1.30. The van der Waals surface area contributed by atoms with Crippen molar-refractivity contribution in [2.24, 2.45) is 5.92 Å². The fourth-order valence-corrected chi connectivity index (χ4v) is 4.82. The molecule has 0 aliphatic carbocycles. The minimum atomic E-state index is -3.83. The van der Waals surface area contributed by atoms with E-state index in [9.17, 15) is 17.6 Å². The predicted octanol–water partition coefficient (Wildman–Crippen LogP) is 2.63. The molecule has 134 valence electrons. The molecule has 1 saturated heterocycles. The number of carbonyl (C=O) groups is 1. The Hall–Kier alpha value is -1.84. The largest absolute Gasteiger partial charge is 0.302 e. The van der Waals surface area contributed by atoms with E-state index >= 15 is 0 Å². The second-order valence-electron chi connectivity index (χ2n) is 5.94. The number of carbonyl (C=O) groups excluding carboxylic acids is 1. The van der Waals surface area contributed by atoms with E-state index in [1.54, 1.807) is 18.5 Å². The minimum absolute atomic E-state index is 0.0784. The highest BCUT2D eigenvalue weighted by Crippen LogP contribution is 2.26. The molecule has 1 aromatic heterocycles. The van der Waals surface area contributed by atoms with Crippen molar-refractivity contribution in [1.82, 2.24) is 9.29 Å². The van der Waals surface area contributed by atoms with E-state index in [2.05, 4.69) is 10.3 Å². The maximum absolute atomic E-state index is 13.7. The Morgan fingerprint density at radius 3 is 2.92 bits per heavy atom. The van der Waals surface area contributed by atoms with Crippen molar-refractivity contribution < 1.29 is 17.6 Å². The first-order valence-corrected chi connectivity index (χ1v) is 10.2. The van der Waals surface area contributed by atoms with E-state index in [1.807, 2.05) is 0 Å². The summed E-state index contributed by atoms with van der Waals surface area (Å²) in [5.41, 5.74) is 0.387. The number of thiazole rings is 1. The van der Waals surface area contributed by atoms with Gasteiger partial charge < -0.3 is 5.32 Å². The lowest BCUT2D eigenvalue weighted by molar-refractivity contribution is -0.120. The number of hydrogen-bond acceptors (Lipinski definition) is 5. The van der Waals surface area contributed by atoms with Crippen LogP contribution in [0, 0.1) is 18.7 Å².